The fourth-order valence-corrected chi connectivity index (χ4v) is 3.39. The molecule has 2 aromatic rings. The highest BCUT2D eigenvalue weighted by Crippen LogP contribution is 2.37. The molecule has 2 amide bonds. The average Bonchev–Trinajstić information content (AvgIpc) is 2.91. The summed E-state index contributed by atoms with van der Waals surface area (Å²) >= 11 is 0. The number of nitrogens with one attached hydrogen (secondary N) is 1. The van der Waals surface area contributed by atoms with E-state index in [0.717, 1.165) is 0 Å². The molecule has 2 aromatic carbocycles. The van der Waals surface area contributed by atoms with Crippen molar-refractivity contribution in [2.24, 2.45) is 5.92 Å². The van der Waals surface area contributed by atoms with E-state index in [9.17, 15) is 18.8 Å². The fourth-order valence-electron chi connectivity index (χ4n) is 3.39. The molecule has 0 aliphatic carbocycles. The van der Waals surface area contributed by atoms with Crippen molar-refractivity contribution in [2.45, 2.75) is 18.9 Å². The van der Waals surface area contributed by atoms with Gasteiger partial charge in [0.2, 0.25) is 11.8 Å². The second kappa shape index (κ2) is 7.57. The first-order chi connectivity index (χ1) is 12.8. The second-order valence-corrected chi connectivity index (χ2v) is 6.57. The summed E-state index contributed by atoms with van der Waals surface area (Å²) in [6.07, 6.45) is -0.0915. The molecule has 3 rings (SSSR count). The summed E-state index contributed by atoms with van der Waals surface area (Å²) in [5, 5.41) is 11.7. The third-order valence-corrected chi connectivity index (χ3v) is 4.68. The molecule has 0 saturated carbocycles. The SMILES string of the molecule is CN1C(=O)CC(C(=O)Nc2cccc(CC(=O)O)c2)C1c1ccc(F)cc1. The molecule has 2 N–H and O–H groups in total. The van der Waals surface area contributed by atoms with Crippen LogP contribution in [-0.2, 0) is 20.8 Å². The molecule has 2 unspecified atom stereocenters. The van der Waals surface area contributed by atoms with Crippen LogP contribution in [0.3, 0.4) is 0 Å². The van der Waals surface area contributed by atoms with Crippen LogP contribution in [0.1, 0.15) is 23.6 Å². The molecule has 1 aliphatic rings. The minimum atomic E-state index is -0.960. The molecule has 0 bridgehead atoms. The number of anilines is 1. The Labute approximate surface area is 155 Å². The molecule has 2 atom stereocenters. The van der Waals surface area contributed by atoms with Gasteiger partial charge in [0.1, 0.15) is 5.82 Å². The summed E-state index contributed by atoms with van der Waals surface area (Å²) in [7, 11) is 1.62. The van der Waals surface area contributed by atoms with Crippen LogP contribution in [-0.4, -0.2) is 34.8 Å². The number of aliphatic carboxylic acids is 1. The van der Waals surface area contributed by atoms with Gasteiger partial charge in [-0.1, -0.05) is 24.3 Å². The molecule has 27 heavy (non-hydrogen) atoms. The zero-order valence-corrected chi connectivity index (χ0v) is 14.7. The summed E-state index contributed by atoms with van der Waals surface area (Å²) in [4.78, 5) is 37.3. The van der Waals surface area contributed by atoms with Crippen molar-refractivity contribution in [3.8, 4) is 0 Å². The maximum atomic E-state index is 13.2. The number of amides is 2. The second-order valence-electron chi connectivity index (χ2n) is 6.57. The Hall–Kier alpha value is -3.22. The zero-order chi connectivity index (χ0) is 19.6. The maximum Gasteiger partial charge on any atom is 0.307 e. The summed E-state index contributed by atoms with van der Waals surface area (Å²) < 4.78 is 13.2. The van der Waals surface area contributed by atoms with Gasteiger partial charge < -0.3 is 15.3 Å². The van der Waals surface area contributed by atoms with Gasteiger partial charge in [0.05, 0.1) is 18.4 Å². The third-order valence-electron chi connectivity index (χ3n) is 4.68. The molecule has 0 spiro atoms. The molecular formula is C20H19FN2O4. The van der Waals surface area contributed by atoms with Gasteiger partial charge in [-0.2, -0.15) is 0 Å². The fraction of sp³-hybridized carbons (Fsp3) is 0.250. The summed E-state index contributed by atoms with van der Waals surface area (Å²) in [6.45, 7) is 0. The van der Waals surface area contributed by atoms with Crippen molar-refractivity contribution in [1.82, 2.24) is 4.90 Å². The number of hydrogen-bond acceptors (Lipinski definition) is 3. The number of hydrogen-bond donors (Lipinski definition) is 2. The molecular weight excluding hydrogens is 351 g/mol. The van der Waals surface area contributed by atoms with Crippen molar-refractivity contribution in [1.29, 1.82) is 0 Å². The van der Waals surface area contributed by atoms with Crippen LogP contribution in [0, 0.1) is 11.7 Å². The Morgan fingerprint density at radius 2 is 1.93 bits per heavy atom. The van der Waals surface area contributed by atoms with E-state index in [1.165, 1.54) is 17.0 Å². The molecule has 140 valence electrons. The van der Waals surface area contributed by atoms with Crippen LogP contribution in [0.5, 0.6) is 0 Å². The standard InChI is InChI=1S/C20H19FN2O4/c1-23-17(24)11-16(19(23)13-5-7-14(21)8-6-13)20(27)22-15-4-2-3-12(9-15)10-18(25)26/h2-9,16,19H,10-11H2,1H3,(H,22,27)(H,25,26). The number of halogens is 1. The lowest BCUT2D eigenvalue weighted by Crippen LogP contribution is -2.30. The Morgan fingerprint density at radius 3 is 2.59 bits per heavy atom. The van der Waals surface area contributed by atoms with E-state index >= 15 is 0 Å². The Kier molecular flexibility index (Phi) is 5.21. The quantitative estimate of drug-likeness (QED) is 0.847. The monoisotopic (exact) mass is 370 g/mol. The number of rotatable bonds is 5. The van der Waals surface area contributed by atoms with E-state index in [1.54, 1.807) is 43.4 Å². The molecule has 1 heterocycles. The van der Waals surface area contributed by atoms with Crippen molar-refractivity contribution in [3.05, 3.63) is 65.5 Å². The van der Waals surface area contributed by atoms with Gasteiger partial charge in [0.15, 0.2) is 0 Å². The number of carbonyl (C=O) groups is 3. The average molecular weight is 370 g/mol. The largest absolute Gasteiger partial charge is 0.481 e. The van der Waals surface area contributed by atoms with E-state index in [2.05, 4.69) is 5.32 Å². The number of likely N-dealkylation sites (tertiary alicyclic amines) is 1. The molecule has 1 saturated heterocycles. The smallest absolute Gasteiger partial charge is 0.307 e. The van der Waals surface area contributed by atoms with Crippen molar-refractivity contribution < 1.29 is 23.9 Å². The summed E-state index contributed by atoms with van der Waals surface area (Å²) in [6, 6.07) is 11.9. The number of carboxylic acids is 1. The first-order valence-corrected chi connectivity index (χ1v) is 8.48. The van der Waals surface area contributed by atoms with Crippen LogP contribution in [0.25, 0.3) is 0 Å². The topological polar surface area (TPSA) is 86.7 Å². The molecule has 0 aromatic heterocycles. The predicted molar refractivity (Wildman–Crippen MR) is 96.4 cm³/mol. The van der Waals surface area contributed by atoms with E-state index in [4.69, 9.17) is 5.11 Å². The highest BCUT2D eigenvalue weighted by atomic mass is 19.1. The lowest BCUT2D eigenvalue weighted by Gasteiger charge is -2.25. The van der Waals surface area contributed by atoms with Crippen molar-refractivity contribution >= 4 is 23.5 Å². The molecule has 1 aliphatic heterocycles. The summed E-state index contributed by atoms with van der Waals surface area (Å²) in [5.74, 6) is -2.48. The van der Waals surface area contributed by atoms with Crippen LogP contribution in [0.15, 0.2) is 48.5 Å². The first kappa shape index (κ1) is 18.6. The predicted octanol–water partition coefficient (Wildman–Crippen LogP) is 2.61. The third kappa shape index (κ3) is 4.13. The minimum absolute atomic E-state index is 0.0548. The number of carboxylic acid groups (broad SMARTS) is 1. The number of benzene rings is 2. The van der Waals surface area contributed by atoms with Gasteiger partial charge >= 0.3 is 5.97 Å². The van der Waals surface area contributed by atoms with E-state index in [1.807, 2.05) is 0 Å². The Bertz CT molecular complexity index is 882. The number of carbonyl (C=O) groups excluding carboxylic acids is 2. The molecule has 6 nitrogen and oxygen atoms in total. The minimum Gasteiger partial charge on any atom is -0.481 e. The van der Waals surface area contributed by atoms with Gasteiger partial charge in [-0.25, -0.2) is 4.39 Å². The van der Waals surface area contributed by atoms with Crippen molar-refractivity contribution in [3.63, 3.8) is 0 Å². The number of nitrogens with zero attached hydrogens (tertiary/aromatic N) is 1. The van der Waals surface area contributed by atoms with Gasteiger partial charge in [-0.05, 0) is 35.4 Å². The molecule has 7 heteroatoms. The van der Waals surface area contributed by atoms with Gasteiger partial charge in [0.25, 0.3) is 0 Å². The van der Waals surface area contributed by atoms with Crippen LogP contribution in [0.2, 0.25) is 0 Å². The lowest BCUT2D eigenvalue weighted by atomic mass is 9.92. The van der Waals surface area contributed by atoms with Crippen LogP contribution < -0.4 is 5.32 Å². The van der Waals surface area contributed by atoms with Crippen LogP contribution in [0.4, 0.5) is 10.1 Å². The van der Waals surface area contributed by atoms with Crippen LogP contribution >= 0.6 is 0 Å². The summed E-state index contributed by atoms with van der Waals surface area (Å²) in [5.41, 5.74) is 1.72. The van der Waals surface area contributed by atoms with Crippen molar-refractivity contribution in [2.75, 3.05) is 12.4 Å². The van der Waals surface area contributed by atoms with E-state index in [-0.39, 0.29) is 30.5 Å². The molecule has 0 radical (unpaired) electrons. The van der Waals surface area contributed by atoms with Gasteiger partial charge in [-0.3, -0.25) is 14.4 Å². The van der Waals surface area contributed by atoms with Gasteiger partial charge in [0, 0.05) is 19.2 Å². The lowest BCUT2D eigenvalue weighted by molar-refractivity contribution is -0.136. The van der Waals surface area contributed by atoms with E-state index in [0.29, 0.717) is 16.8 Å². The zero-order valence-electron chi connectivity index (χ0n) is 14.7. The highest BCUT2D eigenvalue weighted by molar-refractivity contribution is 5.98. The molecule has 1 fully saturated rings. The highest BCUT2D eigenvalue weighted by Gasteiger charge is 2.42. The first-order valence-electron chi connectivity index (χ1n) is 8.48. The Morgan fingerprint density at radius 1 is 1.22 bits per heavy atom. The van der Waals surface area contributed by atoms with E-state index < -0.39 is 17.9 Å². The van der Waals surface area contributed by atoms with Gasteiger partial charge in [-0.15, -0.1) is 0 Å². The normalized spacial score (nSPS) is 19.2. The Balaban J connectivity index is 1.81. The maximum absolute atomic E-state index is 13.2.